The van der Waals surface area contributed by atoms with Crippen molar-refractivity contribution in [3.05, 3.63) is 35.4 Å². The molecule has 1 heterocycles. The topological polar surface area (TPSA) is 21.8 Å². The summed E-state index contributed by atoms with van der Waals surface area (Å²) in [6.07, 6.45) is -0.162. The van der Waals surface area contributed by atoms with E-state index < -0.39 is 11.6 Å². The molecule has 0 radical (unpaired) electrons. The van der Waals surface area contributed by atoms with E-state index in [1.54, 1.807) is 6.92 Å². The molecule has 4 heteroatoms. The van der Waals surface area contributed by atoms with Crippen molar-refractivity contribution in [2.45, 2.75) is 19.1 Å². The molecule has 0 spiro atoms. The van der Waals surface area contributed by atoms with Gasteiger partial charge in [-0.15, -0.1) is 0 Å². The van der Waals surface area contributed by atoms with Crippen molar-refractivity contribution in [3.63, 3.8) is 0 Å². The molecule has 2 atom stereocenters. The van der Waals surface area contributed by atoms with E-state index in [-0.39, 0.29) is 12.2 Å². The second-order valence-corrected chi connectivity index (χ2v) is 3.63. The maximum Gasteiger partial charge on any atom is 0.126 e. The van der Waals surface area contributed by atoms with Crippen molar-refractivity contribution in [1.82, 2.24) is 0 Å². The van der Waals surface area contributed by atoms with Gasteiger partial charge in [0.2, 0.25) is 0 Å². The standard InChI is InChI=1S/C11H12F2O2/c1-7(14-5-11-6-15-11)8-2-9(12)4-10(13)3-8/h2-4,7,11H,5-6H2,1H3/t7-,11-/m1/s1. The molecule has 0 bridgehead atoms. The molecule has 2 rings (SSSR count). The van der Waals surface area contributed by atoms with E-state index in [0.29, 0.717) is 18.8 Å². The first-order chi connectivity index (χ1) is 7.15. The normalized spacial score (nSPS) is 21.4. The van der Waals surface area contributed by atoms with Gasteiger partial charge in [-0.1, -0.05) is 0 Å². The molecule has 1 saturated heterocycles. The predicted molar refractivity (Wildman–Crippen MR) is 50.5 cm³/mol. The molecule has 0 saturated carbocycles. The van der Waals surface area contributed by atoms with E-state index in [1.165, 1.54) is 12.1 Å². The van der Waals surface area contributed by atoms with Crippen LogP contribution in [-0.2, 0) is 9.47 Å². The maximum absolute atomic E-state index is 12.9. The van der Waals surface area contributed by atoms with Crippen LogP contribution in [0.2, 0.25) is 0 Å². The van der Waals surface area contributed by atoms with Crippen LogP contribution in [0.4, 0.5) is 8.78 Å². The molecular formula is C11H12F2O2. The number of epoxide rings is 1. The Bertz CT molecular complexity index is 330. The minimum absolute atomic E-state index is 0.158. The van der Waals surface area contributed by atoms with E-state index in [2.05, 4.69) is 0 Å². The van der Waals surface area contributed by atoms with Crippen LogP contribution >= 0.6 is 0 Å². The van der Waals surface area contributed by atoms with Gasteiger partial charge in [-0.2, -0.15) is 0 Å². The smallest absolute Gasteiger partial charge is 0.126 e. The highest BCUT2D eigenvalue weighted by atomic mass is 19.1. The third-order valence-electron chi connectivity index (χ3n) is 2.29. The van der Waals surface area contributed by atoms with Crippen molar-refractivity contribution in [2.24, 2.45) is 0 Å². The fourth-order valence-corrected chi connectivity index (χ4v) is 1.32. The van der Waals surface area contributed by atoms with Crippen LogP contribution in [0.1, 0.15) is 18.6 Å². The molecule has 1 aromatic carbocycles. The Labute approximate surface area is 86.8 Å². The lowest BCUT2D eigenvalue weighted by molar-refractivity contribution is 0.0536. The Hall–Kier alpha value is -1.00. The number of ether oxygens (including phenoxy) is 2. The quantitative estimate of drug-likeness (QED) is 0.718. The predicted octanol–water partition coefficient (Wildman–Crippen LogP) is 2.44. The van der Waals surface area contributed by atoms with E-state index >= 15 is 0 Å². The third kappa shape index (κ3) is 2.97. The summed E-state index contributed by atoms with van der Waals surface area (Å²) >= 11 is 0. The highest BCUT2D eigenvalue weighted by Crippen LogP contribution is 2.21. The molecule has 1 aromatic rings. The molecular weight excluding hydrogens is 202 g/mol. The van der Waals surface area contributed by atoms with E-state index in [4.69, 9.17) is 9.47 Å². The molecule has 0 aromatic heterocycles. The lowest BCUT2D eigenvalue weighted by atomic mass is 10.1. The minimum Gasteiger partial charge on any atom is -0.371 e. The lowest BCUT2D eigenvalue weighted by Gasteiger charge is -2.12. The Kier molecular flexibility index (Phi) is 2.98. The minimum atomic E-state index is -0.580. The van der Waals surface area contributed by atoms with Crippen LogP contribution in [0, 0.1) is 11.6 Å². The van der Waals surface area contributed by atoms with Gasteiger partial charge in [0.1, 0.15) is 17.7 Å². The first-order valence-corrected chi connectivity index (χ1v) is 4.84. The maximum atomic E-state index is 12.9. The van der Waals surface area contributed by atoms with Gasteiger partial charge < -0.3 is 9.47 Å². The molecule has 1 aliphatic heterocycles. The molecule has 15 heavy (non-hydrogen) atoms. The summed E-state index contributed by atoms with van der Waals surface area (Å²) in [5, 5.41) is 0. The van der Waals surface area contributed by atoms with Crippen molar-refractivity contribution < 1.29 is 18.3 Å². The van der Waals surface area contributed by atoms with Gasteiger partial charge in [0, 0.05) is 6.07 Å². The van der Waals surface area contributed by atoms with Crippen molar-refractivity contribution in [1.29, 1.82) is 0 Å². The second-order valence-electron chi connectivity index (χ2n) is 3.63. The monoisotopic (exact) mass is 214 g/mol. The van der Waals surface area contributed by atoms with Gasteiger partial charge in [-0.05, 0) is 24.6 Å². The zero-order valence-electron chi connectivity index (χ0n) is 8.37. The van der Waals surface area contributed by atoms with Crippen LogP contribution in [0.15, 0.2) is 18.2 Å². The fraction of sp³-hybridized carbons (Fsp3) is 0.455. The molecule has 0 aliphatic carbocycles. The van der Waals surface area contributed by atoms with Gasteiger partial charge >= 0.3 is 0 Å². The van der Waals surface area contributed by atoms with Gasteiger partial charge in [0.15, 0.2) is 0 Å². The van der Waals surface area contributed by atoms with Gasteiger partial charge in [0.25, 0.3) is 0 Å². The Morgan fingerprint density at radius 2 is 2.00 bits per heavy atom. The average Bonchev–Trinajstić information content (AvgIpc) is 2.96. The summed E-state index contributed by atoms with van der Waals surface area (Å²) in [6.45, 7) is 2.94. The summed E-state index contributed by atoms with van der Waals surface area (Å²) in [6, 6.07) is 3.41. The average molecular weight is 214 g/mol. The number of hydrogen-bond acceptors (Lipinski definition) is 2. The van der Waals surface area contributed by atoms with Crippen LogP contribution in [0.5, 0.6) is 0 Å². The van der Waals surface area contributed by atoms with Gasteiger partial charge in [-0.25, -0.2) is 8.78 Å². The molecule has 0 unspecified atom stereocenters. The second kappa shape index (κ2) is 4.24. The lowest BCUT2D eigenvalue weighted by Crippen LogP contribution is -2.06. The molecule has 82 valence electrons. The van der Waals surface area contributed by atoms with E-state index in [0.717, 1.165) is 6.07 Å². The number of hydrogen-bond donors (Lipinski definition) is 0. The molecule has 1 aliphatic rings. The highest BCUT2D eigenvalue weighted by molar-refractivity contribution is 5.19. The Morgan fingerprint density at radius 3 is 2.53 bits per heavy atom. The van der Waals surface area contributed by atoms with Crippen LogP contribution in [0.3, 0.4) is 0 Å². The number of rotatable bonds is 4. The fourth-order valence-electron chi connectivity index (χ4n) is 1.32. The molecule has 0 N–H and O–H groups in total. The Balaban J connectivity index is 1.99. The van der Waals surface area contributed by atoms with Crippen molar-refractivity contribution >= 4 is 0 Å². The SMILES string of the molecule is C[C@@H](OC[C@@H]1CO1)c1cc(F)cc(F)c1. The summed E-state index contributed by atoms with van der Waals surface area (Å²) in [5.41, 5.74) is 0.508. The van der Waals surface area contributed by atoms with E-state index in [1.807, 2.05) is 0 Å². The van der Waals surface area contributed by atoms with Crippen LogP contribution < -0.4 is 0 Å². The first kappa shape index (κ1) is 10.5. The van der Waals surface area contributed by atoms with E-state index in [9.17, 15) is 8.78 Å². The number of benzene rings is 1. The zero-order chi connectivity index (χ0) is 10.8. The zero-order valence-corrected chi connectivity index (χ0v) is 8.37. The molecule has 2 nitrogen and oxygen atoms in total. The van der Waals surface area contributed by atoms with Gasteiger partial charge in [0.05, 0.1) is 19.3 Å². The molecule has 0 amide bonds. The highest BCUT2D eigenvalue weighted by Gasteiger charge is 2.23. The molecule has 1 fully saturated rings. The number of halogens is 2. The van der Waals surface area contributed by atoms with Crippen LogP contribution in [0.25, 0.3) is 0 Å². The summed E-state index contributed by atoms with van der Waals surface area (Å²) < 4.78 is 36.1. The van der Waals surface area contributed by atoms with Crippen molar-refractivity contribution in [3.8, 4) is 0 Å². The third-order valence-corrected chi connectivity index (χ3v) is 2.29. The van der Waals surface area contributed by atoms with Crippen LogP contribution in [-0.4, -0.2) is 19.3 Å². The summed E-state index contributed by atoms with van der Waals surface area (Å²) in [5.74, 6) is -1.16. The van der Waals surface area contributed by atoms with Gasteiger partial charge in [-0.3, -0.25) is 0 Å². The van der Waals surface area contributed by atoms with Crippen molar-refractivity contribution in [2.75, 3.05) is 13.2 Å². The largest absolute Gasteiger partial charge is 0.371 e. The summed E-state index contributed by atoms with van der Waals surface area (Å²) in [4.78, 5) is 0. The first-order valence-electron chi connectivity index (χ1n) is 4.84. The summed E-state index contributed by atoms with van der Waals surface area (Å²) in [7, 11) is 0. The Morgan fingerprint density at radius 1 is 1.40 bits per heavy atom.